The van der Waals surface area contributed by atoms with E-state index >= 15 is 0 Å². The number of hydrogen-bond donors (Lipinski definition) is 1. The molecule has 1 aromatic carbocycles. The molecule has 4 nitrogen and oxygen atoms in total. The zero-order valence-corrected chi connectivity index (χ0v) is 15.8. The number of carbonyl (C=O) groups is 1. The van der Waals surface area contributed by atoms with Crippen LogP contribution in [0.3, 0.4) is 0 Å². The molecule has 0 aromatic heterocycles. The average Bonchev–Trinajstić information content (AvgIpc) is 3.21. The van der Waals surface area contributed by atoms with E-state index in [0.717, 1.165) is 31.5 Å². The minimum atomic E-state index is 0.150. The predicted molar refractivity (Wildman–Crippen MR) is 103 cm³/mol. The predicted octanol–water partition coefficient (Wildman–Crippen LogP) is 2.73. The molecule has 1 aliphatic carbocycles. The maximum absolute atomic E-state index is 13.0. The Labute approximate surface area is 157 Å². The van der Waals surface area contributed by atoms with E-state index in [1.165, 1.54) is 56.3 Å². The summed E-state index contributed by atoms with van der Waals surface area (Å²) in [7, 11) is 0. The Morgan fingerprint density at radius 2 is 1.69 bits per heavy atom. The number of aliphatic hydroxyl groups is 1. The van der Waals surface area contributed by atoms with Gasteiger partial charge in [-0.2, -0.15) is 0 Å². The summed E-state index contributed by atoms with van der Waals surface area (Å²) in [6.45, 7) is 5.05. The molecule has 1 amide bonds. The van der Waals surface area contributed by atoms with Gasteiger partial charge < -0.3 is 14.9 Å². The second kappa shape index (κ2) is 8.10. The molecule has 0 bridgehead atoms. The van der Waals surface area contributed by atoms with Gasteiger partial charge in [-0.15, -0.1) is 0 Å². The number of hydrogen-bond acceptors (Lipinski definition) is 3. The van der Waals surface area contributed by atoms with E-state index in [9.17, 15) is 9.90 Å². The SMILES string of the molecule is O=C(c1ccc2c(c1)CCC2)N1C[C@@H](CO)[C@@H](CN2CCCCCC2)C1. The van der Waals surface area contributed by atoms with Crippen molar-refractivity contribution in [3.8, 4) is 0 Å². The minimum Gasteiger partial charge on any atom is -0.396 e. The van der Waals surface area contributed by atoms with Gasteiger partial charge in [0.1, 0.15) is 0 Å². The first-order valence-corrected chi connectivity index (χ1v) is 10.5. The number of amides is 1. The maximum Gasteiger partial charge on any atom is 0.253 e. The molecule has 2 heterocycles. The van der Waals surface area contributed by atoms with Crippen LogP contribution in [0.5, 0.6) is 0 Å². The van der Waals surface area contributed by atoms with E-state index in [-0.39, 0.29) is 18.4 Å². The van der Waals surface area contributed by atoms with Gasteiger partial charge >= 0.3 is 0 Å². The molecule has 0 spiro atoms. The zero-order valence-electron chi connectivity index (χ0n) is 15.8. The number of rotatable bonds is 4. The van der Waals surface area contributed by atoms with Gasteiger partial charge in [-0.3, -0.25) is 4.79 Å². The third-order valence-electron chi connectivity index (χ3n) is 6.64. The highest BCUT2D eigenvalue weighted by atomic mass is 16.3. The maximum atomic E-state index is 13.0. The summed E-state index contributed by atoms with van der Waals surface area (Å²) < 4.78 is 0. The van der Waals surface area contributed by atoms with Gasteiger partial charge in [-0.1, -0.05) is 18.9 Å². The molecular weight excluding hydrogens is 324 g/mol. The number of aliphatic hydroxyl groups excluding tert-OH is 1. The fourth-order valence-corrected chi connectivity index (χ4v) is 5.06. The summed E-state index contributed by atoms with van der Waals surface area (Å²) in [6, 6.07) is 6.26. The average molecular weight is 357 g/mol. The number of carbonyl (C=O) groups excluding carboxylic acids is 1. The highest BCUT2D eigenvalue weighted by Crippen LogP contribution is 2.28. The zero-order chi connectivity index (χ0) is 17.9. The second-order valence-corrected chi connectivity index (χ2v) is 8.46. The quantitative estimate of drug-likeness (QED) is 0.902. The molecule has 1 aromatic rings. The van der Waals surface area contributed by atoms with Gasteiger partial charge in [-0.25, -0.2) is 0 Å². The van der Waals surface area contributed by atoms with Crippen molar-refractivity contribution in [3.63, 3.8) is 0 Å². The van der Waals surface area contributed by atoms with Crippen LogP contribution in [0.2, 0.25) is 0 Å². The summed E-state index contributed by atoms with van der Waals surface area (Å²) >= 11 is 0. The van der Waals surface area contributed by atoms with Gasteiger partial charge in [0.25, 0.3) is 5.91 Å². The van der Waals surface area contributed by atoms with Crippen molar-refractivity contribution < 1.29 is 9.90 Å². The van der Waals surface area contributed by atoms with Crippen molar-refractivity contribution in [3.05, 3.63) is 34.9 Å². The van der Waals surface area contributed by atoms with E-state index in [2.05, 4.69) is 17.0 Å². The molecule has 4 heteroatoms. The standard InChI is InChI=1S/C22H32N2O2/c25-16-21-15-24(14-20(21)13-23-10-3-1-2-4-11-23)22(26)19-9-8-17-6-5-7-18(17)12-19/h8-9,12,20-21,25H,1-7,10-11,13-16H2/t20-,21-/m0/s1. The number of fused-ring (bicyclic) bond motifs is 1. The summed E-state index contributed by atoms with van der Waals surface area (Å²) in [6.07, 6.45) is 8.72. The van der Waals surface area contributed by atoms with Crippen molar-refractivity contribution in [2.24, 2.45) is 11.8 Å². The van der Waals surface area contributed by atoms with E-state index < -0.39 is 0 Å². The number of benzene rings is 1. The van der Waals surface area contributed by atoms with Crippen LogP contribution >= 0.6 is 0 Å². The molecule has 2 saturated heterocycles. The lowest BCUT2D eigenvalue weighted by atomic mass is 9.96. The van der Waals surface area contributed by atoms with Crippen LogP contribution < -0.4 is 0 Å². The van der Waals surface area contributed by atoms with Gasteiger partial charge in [-0.05, 0) is 74.4 Å². The molecule has 2 aliphatic heterocycles. The third-order valence-corrected chi connectivity index (χ3v) is 6.64. The normalized spacial score (nSPS) is 26.7. The van der Waals surface area contributed by atoms with Crippen LogP contribution in [0.15, 0.2) is 18.2 Å². The Morgan fingerprint density at radius 3 is 2.46 bits per heavy atom. The first-order valence-electron chi connectivity index (χ1n) is 10.5. The van der Waals surface area contributed by atoms with Crippen LogP contribution in [0.1, 0.15) is 53.6 Å². The lowest BCUT2D eigenvalue weighted by Gasteiger charge is -2.26. The molecule has 0 unspecified atom stereocenters. The molecule has 1 N–H and O–H groups in total. The fraction of sp³-hybridized carbons (Fsp3) is 0.682. The molecule has 26 heavy (non-hydrogen) atoms. The Kier molecular flexibility index (Phi) is 5.60. The summed E-state index contributed by atoms with van der Waals surface area (Å²) in [5, 5.41) is 9.86. The van der Waals surface area contributed by atoms with E-state index in [0.29, 0.717) is 12.5 Å². The highest BCUT2D eigenvalue weighted by Gasteiger charge is 2.36. The molecule has 2 atom stereocenters. The van der Waals surface area contributed by atoms with Crippen molar-refractivity contribution >= 4 is 5.91 Å². The summed E-state index contributed by atoms with van der Waals surface area (Å²) in [5.74, 6) is 0.768. The molecule has 142 valence electrons. The Bertz CT molecular complexity index is 637. The Morgan fingerprint density at radius 1 is 0.962 bits per heavy atom. The number of likely N-dealkylation sites (tertiary alicyclic amines) is 2. The molecule has 4 rings (SSSR count). The third kappa shape index (κ3) is 3.81. The number of nitrogens with zero attached hydrogens (tertiary/aromatic N) is 2. The molecule has 0 saturated carbocycles. The molecule has 3 aliphatic rings. The van der Waals surface area contributed by atoms with Gasteiger partial charge in [0.05, 0.1) is 0 Å². The van der Waals surface area contributed by atoms with Crippen molar-refractivity contribution in [1.29, 1.82) is 0 Å². The Balaban J connectivity index is 1.42. The molecular formula is C22H32N2O2. The van der Waals surface area contributed by atoms with Crippen LogP contribution in [-0.2, 0) is 12.8 Å². The van der Waals surface area contributed by atoms with Gasteiger partial charge in [0.15, 0.2) is 0 Å². The van der Waals surface area contributed by atoms with E-state index in [1.807, 2.05) is 11.0 Å². The van der Waals surface area contributed by atoms with Gasteiger partial charge in [0.2, 0.25) is 0 Å². The lowest BCUT2D eigenvalue weighted by Crippen LogP contribution is -2.35. The van der Waals surface area contributed by atoms with E-state index in [4.69, 9.17) is 0 Å². The van der Waals surface area contributed by atoms with Crippen molar-refractivity contribution in [2.45, 2.75) is 44.9 Å². The lowest BCUT2D eigenvalue weighted by molar-refractivity contribution is 0.0779. The largest absolute Gasteiger partial charge is 0.396 e. The monoisotopic (exact) mass is 356 g/mol. The van der Waals surface area contributed by atoms with Crippen LogP contribution in [-0.4, -0.2) is 60.1 Å². The van der Waals surface area contributed by atoms with E-state index in [1.54, 1.807) is 0 Å². The van der Waals surface area contributed by atoms with Crippen LogP contribution in [0.4, 0.5) is 0 Å². The second-order valence-electron chi connectivity index (χ2n) is 8.46. The smallest absolute Gasteiger partial charge is 0.253 e. The highest BCUT2D eigenvalue weighted by molar-refractivity contribution is 5.94. The van der Waals surface area contributed by atoms with Crippen LogP contribution in [0, 0.1) is 11.8 Å². The first-order chi connectivity index (χ1) is 12.7. The fourth-order valence-electron chi connectivity index (χ4n) is 5.06. The van der Waals surface area contributed by atoms with Gasteiger partial charge in [0, 0.05) is 37.7 Å². The Hall–Kier alpha value is -1.39. The topological polar surface area (TPSA) is 43.8 Å². The summed E-state index contributed by atoms with van der Waals surface area (Å²) in [5.41, 5.74) is 3.60. The molecule has 2 fully saturated rings. The number of aryl methyl sites for hydroxylation is 2. The van der Waals surface area contributed by atoms with Crippen molar-refractivity contribution in [1.82, 2.24) is 9.80 Å². The summed E-state index contributed by atoms with van der Waals surface area (Å²) in [4.78, 5) is 17.6. The first kappa shape index (κ1) is 18.0. The van der Waals surface area contributed by atoms with Crippen LogP contribution in [0.25, 0.3) is 0 Å². The molecule has 0 radical (unpaired) electrons. The van der Waals surface area contributed by atoms with Crippen molar-refractivity contribution in [2.75, 3.05) is 39.3 Å². The minimum absolute atomic E-state index is 0.150.